The molecule has 1 aliphatic rings. The highest BCUT2D eigenvalue weighted by Crippen LogP contribution is 2.19. The number of rotatable bonds is 4. The minimum atomic E-state index is 0.0573. The van der Waals surface area contributed by atoms with E-state index in [9.17, 15) is 0 Å². The van der Waals surface area contributed by atoms with Crippen molar-refractivity contribution in [2.45, 2.75) is 25.5 Å². The quantitative estimate of drug-likeness (QED) is 0.912. The van der Waals surface area contributed by atoms with E-state index in [1.807, 2.05) is 24.3 Å². The lowest BCUT2D eigenvalue weighted by atomic mass is 10.0. The van der Waals surface area contributed by atoms with Gasteiger partial charge in [0.05, 0.1) is 12.7 Å². The highest BCUT2D eigenvalue weighted by Gasteiger charge is 2.17. The third kappa shape index (κ3) is 3.95. The van der Waals surface area contributed by atoms with Crippen LogP contribution in [-0.4, -0.2) is 37.2 Å². The molecule has 3 nitrogen and oxygen atoms in total. The van der Waals surface area contributed by atoms with E-state index in [0.29, 0.717) is 6.10 Å². The second kappa shape index (κ2) is 6.53. The zero-order valence-electron chi connectivity index (χ0n) is 10.8. The van der Waals surface area contributed by atoms with Gasteiger partial charge in [0.15, 0.2) is 0 Å². The minimum Gasteiger partial charge on any atom is -0.376 e. The van der Waals surface area contributed by atoms with Crippen molar-refractivity contribution in [3.05, 3.63) is 34.9 Å². The Hall–Kier alpha value is -0.610. The monoisotopic (exact) mass is 268 g/mol. The fraction of sp³-hybridized carbons (Fsp3) is 0.571. The Morgan fingerprint density at radius 3 is 3.11 bits per heavy atom. The summed E-state index contributed by atoms with van der Waals surface area (Å²) in [4.78, 5) is 2.42. The molecule has 0 aliphatic carbocycles. The van der Waals surface area contributed by atoms with Crippen molar-refractivity contribution in [2.75, 3.05) is 26.2 Å². The first-order chi connectivity index (χ1) is 8.65. The van der Waals surface area contributed by atoms with Crippen LogP contribution in [0.4, 0.5) is 0 Å². The molecular weight excluding hydrogens is 248 g/mol. The molecule has 100 valence electrons. The van der Waals surface area contributed by atoms with Crippen LogP contribution in [-0.2, 0) is 4.74 Å². The second-order valence-electron chi connectivity index (χ2n) is 4.93. The maximum Gasteiger partial charge on any atom is 0.0674 e. The van der Waals surface area contributed by atoms with Gasteiger partial charge in [0, 0.05) is 30.7 Å². The Kier molecular flexibility index (Phi) is 5.01. The largest absolute Gasteiger partial charge is 0.376 e. The fourth-order valence-electron chi connectivity index (χ4n) is 2.32. The average Bonchev–Trinajstić information content (AvgIpc) is 2.36. The number of hydrogen-bond donors (Lipinski definition) is 1. The first kappa shape index (κ1) is 13.8. The van der Waals surface area contributed by atoms with E-state index >= 15 is 0 Å². The van der Waals surface area contributed by atoms with E-state index < -0.39 is 0 Å². The van der Waals surface area contributed by atoms with Crippen molar-refractivity contribution in [1.29, 1.82) is 0 Å². The van der Waals surface area contributed by atoms with Gasteiger partial charge in [-0.05, 0) is 31.0 Å². The molecule has 4 heteroatoms. The summed E-state index contributed by atoms with van der Waals surface area (Å²) >= 11 is 5.97. The summed E-state index contributed by atoms with van der Waals surface area (Å²) in [6.45, 7) is 5.97. The maximum absolute atomic E-state index is 6.20. The Morgan fingerprint density at radius 2 is 2.39 bits per heavy atom. The molecule has 0 aromatic heterocycles. The Labute approximate surface area is 114 Å². The first-order valence-corrected chi connectivity index (χ1v) is 6.88. The van der Waals surface area contributed by atoms with E-state index in [0.717, 1.165) is 43.2 Å². The summed E-state index contributed by atoms with van der Waals surface area (Å²) in [7, 11) is 0. The number of morpholine rings is 1. The molecule has 0 bridgehead atoms. The molecule has 2 rings (SSSR count). The normalized spacial score (nSPS) is 22.9. The molecule has 1 heterocycles. The predicted octanol–water partition coefficient (Wildman–Crippen LogP) is 2.45. The fourth-order valence-corrected chi connectivity index (χ4v) is 2.52. The van der Waals surface area contributed by atoms with Crippen LogP contribution in [0.15, 0.2) is 24.3 Å². The molecule has 1 fully saturated rings. The Bertz CT molecular complexity index is 386. The van der Waals surface area contributed by atoms with Crippen LogP contribution in [0.1, 0.15) is 24.9 Å². The van der Waals surface area contributed by atoms with Crippen molar-refractivity contribution >= 4 is 11.6 Å². The molecule has 1 aromatic carbocycles. The van der Waals surface area contributed by atoms with E-state index in [4.69, 9.17) is 22.1 Å². The standard InChI is InChI=1S/C14H21ClN2O/c1-11-10-17(7-8-18-11)6-5-14(16)12-3-2-4-13(15)9-12/h2-4,9,11,14H,5-8,10,16H2,1H3. The SMILES string of the molecule is CC1CN(CCC(N)c2cccc(Cl)c2)CCO1. The van der Waals surface area contributed by atoms with Crippen LogP contribution >= 0.6 is 11.6 Å². The molecule has 18 heavy (non-hydrogen) atoms. The van der Waals surface area contributed by atoms with Crippen LogP contribution in [0.3, 0.4) is 0 Å². The lowest BCUT2D eigenvalue weighted by Gasteiger charge is -2.31. The van der Waals surface area contributed by atoms with Crippen molar-refractivity contribution in [3.63, 3.8) is 0 Å². The molecule has 0 radical (unpaired) electrons. The smallest absolute Gasteiger partial charge is 0.0674 e. The number of hydrogen-bond acceptors (Lipinski definition) is 3. The molecule has 2 unspecified atom stereocenters. The Morgan fingerprint density at radius 1 is 1.56 bits per heavy atom. The summed E-state index contributed by atoms with van der Waals surface area (Å²) in [6.07, 6.45) is 1.29. The van der Waals surface area contributed by atoms with Gasteiger partial charge >= 0.3 is 0 Å². The molecule has 0 saturated carbocycles. The van der Waals surface area contributed by atoms with E-state index in [-0.39, 0.29) is 6.04 Å². The zero-order chi connectivity index (χ0) is 13.0. The summed E-state index contributed by atoms with van der Waals surface area (Å²) in [5.41, 5.74) is 7.31. The topological polar surface area (TPSA) is 38.5 Å². The van der Waals surface area contributed by atoms with E-state index in [2.05, 4.69) is 11.8 Å². The van der Waals surface area contributed by atoms with Gasteiger partial charge in [-0.3, -0.25) is 4.90 Å². The van der Waals surface area contributed by atoms with Crippen molar-refractivity contribution in [3.8, 4) is 0 Å². The highest BCUT2D eigenvalue weighted by atomic mass is 35.5. The van der Waals surface area contributed by atoms with E-state index in [1.165, 1.54) is 0 Å². The molecule has 1 aromatic rings. The molecular formula is C14H21ClN2O. The van der Waals surface area contributed by atoms with Gasteiger partial charge in [0.25, 0.3) is 0 Å². The number of ether oxygens (including phenoxy) is 1. The van der Waals surface area contributed by atoms with Gasteiger partial charge in [0.1, 0.15) is 0 Å². The van der Waals surface area contributed by atoms with Crippen molar-refractivity contribution in [2.24, 2.45) is 5.73 Å². The maximum atomic E-state index is 6.20. The van der Waals surface area contributed by atoms with Gasteiger partial charge in [-0.2, -0.15) is 0 Å². The van der Waals surface area contributed by atoms with Crippen LogP contribution < -0.4 is 5.73 Å². The first-order valence-electron chi connectivity index (χ1n) is 6.50. The average molecular weight is 269 g/mol. The van der Waals surface area contributed by atoms with Crippen LogP contribution in [0, 0.1) is 0 Å². The van der Waals surface area contributed by atoms with Crippen molar-refractivity contribution < 1.29 is 4.74 Å². The summed E-state index contributed by atoms with van der Waals surface area (Å²) in [5, 5.41) is 0.753. The predicted molar refractivity (Wildman–Crippen MR) is 74.9 cm³/mol. The molecule has 1 saturated heterocycles. The lowest BCUT2D eigenvalue weighted by molar-refractivity contribution is -0.0189. The van der Waals surface area contributed by atoms with E-state index in [1.54, 1.807) is 0 Å². The summed E-state index contributed by atoms with van der Waals surface area (Å²) in [6, 6.07) is 7.88. The molecule has 1 aliphatic heterocycles. The molecule has 0 spiro atoms. The molecule has 0 amide bonds. The van der Waals surface area contributed by atoms with Crippen molar-refractivity contribution in [1.82, 2.24) is 4.90 Å². The van der Waals surface area contributed by atoms with Gasteiger partial charge in [0.2, 0.25) is 0 Å². The van der Waals surface area contributed by atoms with Gasteiger partial charge in [-0.1, -0.05) is 23.7 Å². The van der Waals surface area contributed by atoms with Crippen LogP contribution in [0.2, 0.25) is 5.02 Å². The third-order valence-corrected chi connectivity index (χ3v) is 3.59. The lowest BCUT2D eigenvalue weighted by Crippen LogP contribution is -2.42. The van der Waals surface area contributed by atoms with Gasteiger partial charge in [-0.15, -0.1) is 0 Å². The molecule has 2 atom stereocenters. The van der Waals surface area contributed by atoms with Crippen LogP contribution in [0.5, 0.6) is 0 Å². The van der Waals surface area contributed by atoms with Crippen LogP contribution in [0.25, 0.3) is 0 Å². The minimum absolute atomic E-state index is 0.0573. The number of nitrogens with zero attached hydrogens (tertiary/aromatic N) is 1. The number of benzene rings is 1. The van der Waals surface area contributed by atoms with Gasteiger partial charge < -0.3 is 10.5 Å². The number of halogens is 1. The zero-order valence-corrected chi connectivity index (χ0v) is 11.6. The highest BCUT2D eigenvalue weighted by molar-refractivity contribution is 6.30. The van der Waals surface area contributed by atoms with Gasteiger partial charge in [-0.25, -0.2) is 0 Å². The molecule has 2 N–H and O–H groups in total. The Balaban J connectivity index is 1.82. The second-order valence-corrected chi connectivity index (χ2v) is 5.37. The number of nitrogens with two attached hydrogens (primary N) is 1. The third-order valence-electron chi connectivity index (χ3n) is 3.36. The summed E-state index contributed by atoms with van der Waals surface area (Å²) < 4.78 is 5.52. The summed E-state index contributed by atoms with van der Waals surface area (Å²) in [5.74, 6) is 0.